The lowest BCUT2D eigenvalue weighted by molar-refractivity contribution is -0.900. The van der Waals surface area contributed by atoms with E-state index in [1.165, 1.54) is 11.0 Å². The Hall–Kier alpha value is -3.08. The highest BCUT2D eigenvalue weighted by molar-refractivity contribution is 7.97. The maximum Gasteiger partial charge on any atom is 0.300 e. The van der Waals surface area contributed by atoms with Crippen LogP contribution in [0.1, 0.15) is 83.1 Å². The molecule has 2 amide bonds. The first-order valence-corrected chi connectivity index (χ1v) is 20.3. The number of rotatable bonds is 16. The van der Waals surface area contributed by atoms with Gasteiger partial charge in [-0.15, -0.1) is 0 Å². The third-order valence-corrected chi connectivity index (χ3v) is 11.0. The maximum absolute atomic E-state index is 15.3. The number of hydrogen-bond acceptors (Lipinski definition) is 9. The number of anilines is 2. The van der Waals surface area contributed by atoms with Gasteiger partial charge in [-0.3, -0.25) is 14.4 Å². The number of nitrogens with two attached hydrogens (primary N) is 3. The van der Waals surface area contributed by atoms with E-state index in [4.69, 9.17) is 38.7 Å². The number of piperazine rings is 1. The number of carbonyl (C=O) groups excluding carboxylic acids is 2. The standard InChI is InChI=1S/C26H31ClF2N4OS.C10H24N4O.C2H4O2/c27-23-17-20(26(28,29)19-5-2-1-3-6-19)18-24(30-23)31-13-15-32(16-14-31)35-22-10-8-21(9-11-22)33-12-4-7-25(33)34;11-5-2-8-14(9-3-6-12)7-1-4-10(13)15;1-2(3)4/h8-11,17-19H,1-7,12-16H2;1-9,11-12H2,(H2,13,15);1H3,(H,3,4)/p+1. The van der Waals surface area contributed by atoms with Gasteiger partial charge >= 0.3 is 0 Å². The maximum atomic E-state index is 15.3. The fourth-order valence-corrected chi connectivity index (χ4v) is 8.00. The Bertz CT molecular complexity index is 1430. The first kappa shape index (κ1) is 45.3. The summed E-state index contributed by atoms with van der Waals surface area (Å²) >= 11 is 7.89. The number of nitrogens with zero attached hydrogens (tertiary/aromatic N) is 4. The molecule has 16 heteroatoms. The van der Waals surface area contributed by atoms with Crippen LogP contribution in [0, 0.1) is 5.92 Å². The number of primary amides is 1. The molecule has 0 atom stereocenters. The molecule has 3 heterocycles. The zero-order valence-electron chi connectivity index (χ0n) is 31.6. The van der Waals surface area contributed by atoms with Crippen molar-refractivity contribution >= 4 is 52.8 Å². The monoisotopic (exact) mass is 797 g/mol. The number of carbonyl (C=O) groups is 3. The predicted molar refractivity (Wildman–Crippen MR) is 212 cm³/mol. The number of hydrogen-bond donors (Lipinski definition) is 5. The van der Waals surface area contributed by atoms with E-state index >= 15 is 8.78 Å². The van der Waals surface area contributed by atoms with Crippen molar-refractivity contribution in [2.45, 2.75) is 88.4 Å². The number of alkyl halides is 2. The van der Waals surface area contributed by atoms with Gasteiger partial charge in [-0.1, -0.05) is 30.9 Å². The van der Waals surface area contributed by atoms with Gasteiger partial charge in [0.2, 0.25) is 11.8 Å². The molecule has 302 valence electrons. The molecule has 0 unspecified atom stereocenters. The molecule has 3 aliphatic rings. The summed E-state index contributed by atoms with van der Waals surface area (Å²) in [5.41, 5.74) is 17.0. The van der Waals surface area contributed by atoms with Crippen molar-refractivity contribution in [3.8, 4) is 0 Å². The fourth-order valence-electron chi connectivity index (χ4n) is 6.90. The van der Waals surface area contributed by atoms with E-state index in [0.717, 1.165) is 115 Å². The quantitative estimate of drug-likeness (QED) is 0.122. The highest BCUT2D eigenvalue weighted by atomic mass is 35.5. The topological polar surface area (TPSA) is 177 Å². The van der Waals surface area contributed by atoms with Crippen molar-refractivity contribution in [1.29, 1.82) is 0 Å². The van der Waals surface area contributed by atoms with Gasteiger partial charge in [0.25, 0.3) is 11.9 Å². The molecule has 3 fully saturated rings. The Morgan fingerprint density at radius 2 is 1.54 bits per heavy atom. The normalized spacial score (nSPS) is 16.8. The van der Waals surface area contributed by atoms with Crippen LogP contribution >= 0.6 is 23.5 Å². The zero-order chi connectivity index (χ0) is 39.5. The Morgan fingerprint density at radius 3 is 2.07 bits per heavy atom. The molecule has 0 bridgehead atoms. The van der Waals surface area contributed by atoms with Crippen LogP contribution in [0.2, 0.25) is 5.15 Å². The van der Waals surface area contributed by atoms with Gasteiger partial charge in [0.05, 0.1) is 19.6 Å². The molecule has 0 spiro atoms. The zero-order valence-corrected chi connectivity index (χ0v) is 33.2. The van der Waals surface area contributed by atoms with E-state index in [-0.39, 0.29) is 22.5 Å². The van der Waals surface area contributed by atoms with Gasteiger partial charge in [-0.05, 0) is 80.7 Å². The van der Waals surface area contributed by atoms with Crippen LogP contribution in [-0.2, 0) is 20.3 Å². The van der Waals surface area contributed by atoms with Crippen molar-refractivity contribution in [2.24, 2.45) is 23.1 Å². The molecule has 8 N–H and O–H groups in total. The van der Waals surface area contributed by atoms with Crippen molar-refractivity contribution in [3.05, 3.63) is 47.1 Å². The SMILES string of the molecule is CC(=O)O.NCCC[NH+](CCCN)CCCC(N)=O.O=C1CCCN1c1ccc(SN2CCN(c3cc(C(F)(F)C4CCCCC4)cc(Cl)n3)CC2)cc1. The number of halogens is 3. The largest absolute Gasteiger partial charge is 0.481 e. The third kappa shape index (κ3) is 15.6. The smallest absolute Gasteiger partial charge is 0.300 e. The summed E-state index contributed by atoms with van der Waals surface area (Å²) in [6.07, 6.45) is 8.83. The Balaban J connectivity index is 0.000000346. The molecule has 12 nitrogen and oxygen atoms in total. The van der Waals surface area contributed by atoms with E-state index in [0.29, 0.717) is 44.6 Å². The highest BCUT2D eigenvalue weighted by Crippen LogP contribution is 2.45. The molecule has 1 aromatic carbocycles. The van der Waals surface area contributed by atoms with E-state index in [1.54, 1.807) is 18.0 Å². The Labute approximate surface area is 328 Å². The second-order valence-corrected chi connectivity index (χ2v) is 15.6. The molecule has 5 rings (SSSR count). The summed E-state index contributed by atoms with van der Waals surface area (Å²) in [6.45, 7) is 9.37. The Kier molecular flexibility index (Phi) is 19.9. The van der Waals surface area contributed by atoms with Crippen molar-refractivity contribution in [3.63, 3.8) is 0 Å². The number of nitrogens with one attached hydrogen (secondary N) is 1. The minimum atomic E-state index is -2.88. The molecular weight excluding hydrogens is 738 g/mol. The molecule has 54 heavy (non-hydrogen) atoms. The number of benzene rings is 1. The second-order valence-electron chi connectivity index (χ2n) is 14.0. The number of aliphatic carboxylic acids is 1. The van der Waals surface area contributed by atoms with E-state index in [2.05, 4.69) is 21.4 Å². The number of carboxylic acids is 1. The number of quaternary nitrogens is 1. The summed E-state index contributed by atoms with van der Waals surface area (Å²) in [5, 5.41) is 7.54. The minimum absolute atomic E-state index is 0.00669. The van der Waals surface area contributed by atoms with Crippen molar-refractivity contribution in [2.75, 3.05) is 75.2 Å². The first-order valence-electron chi connectivity index (χ1n) is 19.2. The average Bonchev–Trinajstić information content (AvgIpc) is 3.58. The fraction of sp³-hybridized carbons (Fsp3) is 0.632. The van der Waals surface area contributed by atoms with Gasteiger partial charge in [0, 0.05) is 93.8 Å². The predicted octanol–water partition coefficient (Wildman–Crippen LogP) is 4.29. The molecule has 1 saturated carbocycles. The highest BCUT2D eigenvalue weighted by Gasteiger charge is 2.42. The van der Waals surface area contributed by atoms with Crippen LogP contribution in [-0.4, -0.2) is 97.6 Å². The minimum Gasteiger partial charge on any atom is -0.481 e. The molecule has 0 radical (unpaired) electrons. The molecule has 1 aromatic heterocycles. The van der Waals surface area contributed by atoms with Crippen LogP contribution < -0.4 is 31.9 Å². The summed E-state index contributed by atoms with van der Waals surface area (Å²) in [4.78, 5) is 42.4. The van der Waals surface area contributed by atoms with Crippen molar-refractivity contribution < 1.29 is 33.2 Å². The number of carboxylic acid groups (broad SMARTS) is 1. The van der Waals surface area contributed by atoms with Gasteiger partial charge in [-0.25, -0.2) is 18.1 Å². The lowest BCUT2D eigenvalue weighted by Gasteiger charge is -2.35. The van der Waals surface area contributed by atoms with Crippen LogP contribution in [0.4, 0.5) is 20.3 Å². The Morgan fingerprint density at radius 1 is 0.944 bits per heavy atom. The van der Waals surface area contributed by atoms with Gasteiger partial charge in [0.15, 0.2) is 0 Å². The molecule has 2 saturated heterocycles. The van der Waals surface area contributed by atoms with Crippen molar-refractivity contribution in [1.82, 2.24) is 9.29 Å². The number of aromatic nitrogens is 1. The van der Waals surface area contributed by atoms with Gasteiger partial charge in [0.1, 0.15) is 11.0 Å². The number of pyridine rings is 1. The number of amides is 2. The summed E-state index contributed by atoms with van der Waals surface area (Å²) in [5.74, 6) is -3.83. The molecule has 2 aromatic rings. The van der Waals surface area contributed by atoms with Crippen LogP contribution in [0.5, 0.6) is 0 Å². The van der Waals surface area contributed by atoms with Gasteiger partial charge < -0.3 is 37.0 Å². The summed E-state index contributed by atoms with van der Waals surface area (Å²) in [6, 6.07) is 11.0. The van der Waals surface area contributed by atoms with Crippen LogP contribution in [0.15, 0.2) is 41.3 Å². The van der Waals surface area contributed by atoms with E-state index < -0.39 is 17.8 Å². The molecule has 1 aliphatic carbocycles. The van der Waals surface area contributed by atoms with Crippen LogP contribution in [0.3, 0.4) is 0 Å². The summed E-state index contributed by atoms with van der Waals surface area (Å²) in [7, 11) is 0. The third-order valence-electron chi connectivity index (χ3n) is 9.72. The molecule has 2 aliphatic heterocycles. The second kappa shape index (κ2) is 23.8. The lowest BCUT2D eigenvalue weighted by atomic mass is 9.82. The first-order chi connectivity index (χ1) is 25.8. The van der Waals surface area contributed by atoms with Crippen LogP contribution in [0.25, 0.3) is 0 Å². The van der Waals surface area contributed by atoms with E-state index in [9.17, 15) is 9.59 Å². The van der Waals surface area contributed by atoms with E-state index in [1.807, 2.05) is 21.9 Å². The summed E-state index contributed by atoms with van der Waals surface area (Å²) < 4.78 is 32.8. The lowest BCUT2D eigenvalue weighted by Crippen LogP contribution is -3.12. The molecular formula is C38H60ClF2N8O4S+. The van der Waals surface area contributed by atoms with Gasteiger partial charge in [-0.2, -0.15) is 0 Å². The average molecular weight is 798 g/mol.